The van der Waals surface area contributed by atoms with Crippen molar-refractivity contribution >= 4 is 16.9 Å². The van der Waals surface area contributed by atoms with E-state index in [-0.39, 0.29) is 18.1 Å². The van der Waals surface area contributed by atoms with Gasteiger partial charge in [-0.2, -0.15) is 0 Å². The maximum absolute atomic E-state index is 12.4. The number of amides is 1. The van der Waals surface area contributed by atoms with E-state index in [9.17, 15) is 4.79 Å². The van der Waals surface area contributed by atoms with Crippen LogP contribution >= 0.6 is 0 Å². The summed E-state index contributed by atoms with van der Waals surface area (Å²) in [5.74, 6) is -0.160. The van der Waals surface area contributed by atoms with E-state index in [1.165, 1.54) is 6.26 Å². The summed E-state index contributed by atoms with van der Waals surface area (Å²) in [5.41, 5.74) is 2.31. The lowest BCUT2D eigenvalue weighted by Gasteiger charge is -2.17. The highest BCUT2D eigenvalue weighted by Gasteiger charge is 2.30. The largest absolute Gasteiger partial charge is 0.463 e. The number of hydrogen-bond acceptors (Lipinski definition) is 4. The Morgan fingerprint density at radius 3 is 3.05 bits per heavy atom. The molecule has 0 radical (unpaired) electrons. The highest BCUT2D eigenvalue weighted by Crippen LogP contribution is 2.24. The summed E-state index contributed by atoms with van der Waals surface area (Å²) in [4.78, 5) is 12.4. The molecule has 1 aromatic heterocycles. The molecule has 20 heavy (non-hydrogen) atoms. The minimum absolute atomic E-state index is 0.0983. The fourth-order valence-electron chi connectivity index (χ4n) is 2.53. The first-order chi connectivity index (χ1) is 9.70. The number of hydrogen-bond donors (Lipinski definition) is 1. The molecule has 0 bridgehead atoms. The lowest BCUT2D eigenvalue weighted by Crippen LogP contribution is -2.43. The number of methoxy groups -OCH3 is 1. The van der Waals surface area contributed by atoms with Crippen LogP contribution in [0.2, 0.25) is 0 Å². The maximum Gasteiger partial charge on any atom is 0.255 e. The normalized spacial score (nSPS) is 22.3. The van der Waals surface area contributed by atoms with Crippen LogP contribution in [0.5, 0.6) is 0 Å². The van der Waals surface area contributed by atoms with Gasteiger partial charge in [0.15, 0.2) is 0 Å². The van der Waals surface area contributed by atoms with Crippen LogP contribution in [0.4, 0.5) is 0 Å². The first-order valence-corrected chi connectivity index (χ1v) is 6.59. The van der Waals surface area contributed by atoms with Crippen molar-refractivity contribution in [2.45, 2.75) is 19.1 Å². The third-order valence-electron chi connectivity index (χ3n) is 3.69. The number of carbonyl (C=O) groups is 1. The summed E-state index contributed by atoms with van der Waals surface area (Å²) < 4.78 is 16.1. The molecule has 1 aliphatic rings. The molecule has 0 unspecified atom stereocenters. The van der Waals surface area contributed by atoms with Crippen LogP contribution < -0.4 is 5.32 Å². The SMILES string of the molecule is CO[C@@H]1COC[C@@H]1NC(=O)c1coc2c(C)cccc12. The van der Waals surface area contributed by atoms with E-state index in [2.05, 4.69) is 5.32 Å². The fourth-order valence-corrected chi connectivity index (χ4v) is 2.53. The minimum Gasteiger partial charge on any atom is -0.463 e. The highest BCUT2D eigenvalue weighted by atomic mass is 16.5. The summed E-state index contributed by atoms with van der Waals surface area (Å²) in [6.45, 7) is 2.94. The standard InChI is InChI=1S/C15H17NO4/c1-9-4-3-5-10-11(6-20-14(9)10)15(17)16-12-7-19-8-13(12)18-2/h3-6,12-13H,7-8H2,1-2H3,(H,16,17)/t12-,13+/m0/s1. The van der Waals surface area contributed by atoms with Crippen molar-refractivity contribution < 1.29 is 18.7 Å². The number of carbonyl (C=O) groups excluding carboxylic acids is 1. The molecule has 0 saturated carbocycles. The Kier molecular flexibility index (Phi) is 3.46. The predicted octanol–water partition coefficient (Wildman–Crippen LogP) is 1.88. The van der Waals surface area contributed by atoms with Gasteiger partial charge in [-0.05, 0) is 12.5 Å². The van der Waals surface area contributed by atoms with E-state index in [1.807, 2.05) is 25.1 Å². The molecule has 1 aliphatic heterocycles. The molecule has 0 aliphatic carbocycles. The molecule has 1 saturated heterocycles. The molecule has 3 rings (SSSR count). The number of furan rings is 1. The van der Waals surface area contributed by atoms with Crippen molar-refractivity contribution in [3.63, 3.8) is 0 Å². The molecule has 0 spiro atoms. The molecule has 5 heteroatoms. The molecule has 2 atom stereocenters. The summed E-state index contributed by atoms with van der Waals surface area (Å²) in [5, 5.41) is 3.77. The first kappa shape index (κ1) is 13.1. The smallest absolute Gasteiger partial charge is 0.255 e. The Morgan fingerprint density at radius 2 is 2.25 bits per heavy atom. The van der Waals surface area contributed by atoms with E-state index in [4.69, 9.17) is 13.9 Å². The van der Waals surface area contributed by atoms with Crippen molar-refractivity contribution in [3.05, 3.63) is 35.6 Å². The van der Waals surface area contributed by atoms with Gasteiger partial charge < -0.3 is 19.2 Å². The number of aryl methyl sites for hydroxylation is 1. The maximum atomic E-state index is 12.4. The van der Waals surface area contributed by atoms with Crippen molar-refractivity contribution in [2.24, 2.45) is 0 Å². The lowest BCUT2D eigenvalue weighted by atomic mass is 10.1. The predicted molar refractivity (Wildman–Crippen MR) is 73.8 cm³/mol. The number of benzene rings is 1. The Balaban J connectivity index is 1.84. The van der Waals surface area contributed by atoms with Crippen LogP contribution in [0.15, 0.2) is 28.9 Å². The molecule has 1 amide bonds. The van der Waals surface area contributed by atoms with Crippen LogP contribution in [0, 0.1) is 6.92 Å². The van der Waals surface area contributed by atoms with Crippen molar-refractivity contribution in [3.8, 4) is 0 Å². The monoisotopic (exact) mass is 275 g/mol. The van der Waals surface area contributed by atoms with Crippen LogP contribution in [0.1, 0.15) is 15.9 Å². The number of para-hydroxylation sites is 1. The average Bonchev–Trinajstić information content (AvgIpc) is 3.05. The van der Waals surface area contributed by atoms with Crippen LogP contribution in [0.3, 0.4) is 0 Å². The summed E-state index contributed by atoms with van der Waals surface area (Å²) in [6, 6.07) is 5.64. The zero-order valence-electron chi connectivity index (χ0n) is 11.5. The van der Waals surface area contributed by atoms with E-state index < -0.39 is 0 Å². The first-order valence-electron chi connectivity index (χ1n) is 6.59. The molecule has 106 valence electrons. The Morgan fingerprint density at radius 1 is 1.40 bits per heavy atom. The molecule has 5 nitrogen and oxygen atoms in total. The lowest BCUT2D eigenvalue weighted by molar-refractivity contribution is 0.0685. The van der Waals surface area contributed by atoms with Gasteiger partial charge in [0.2, 0.25) is 0 Å². The Labute approximate surface area is 116 Å². The van der Waals surface area contributed by atoms with E-state index in [0.29, 0.717) is 18.8 Å². The number of fused-ring (bicyclic) bond motifs is 1. The molecular weight excluding hydrogens is 258 g/mol. The van der Waals surface area contributed by atoms with Gasteiger partial charge in [-0.15, -0.1) is 0 Å². The third-order valence-corrected chi connectivity index (χ3v) is 3.69. The second kappa shape index (κ2) is 5.26. The molecular formula is C15H17NO4. The Hall–Kier alpha value is -1.85. The van der Waals surface area contributed by atoms with Gasteiger partial charge in [0.25, 0.3) is 5.91 Å². The number of rotatable bonds is 3. The van der Waals surface area contributed by atoms with Gasteiger partial charge in [0.05, 0.1) is 24.8 Å². The molecule has 1 N–H and O–H groups in total. The van der Waals surface area contributed by atoms with Gasteiger partial charge in [0, 0.05) is 12.5 Å². The number of ether oxygens (including phenoxy) is 2. The highest BCUT2D eigenvalue weighted by molar-refractivity contribution is 6.06. The van der Waals surface area contributed by atoms with E-state index >= 15 is 0 Å². The average molecular weight is 275 g/mol. The number of nitrogens with one attached hydrogen (secondary N) is 1. The molecule has 1 aromatic carbocycles. The second-order valence-electron chi connectivity index (χ2n) is 4.99. The molecule has 2 heterocycles. The summed E-state index contributed by atoms with van der Waals surface area (Å²) in [6.07, 6.45) is 1.41. The van der Waals surface area contributed by atoms with E-state index in [0.717, 1.165) is 16.5 Å². The quantitative estimate of drug-likeness (QED) is 0.929. The van der Waals surface area contributed by atoms with Gasteiger partial charge in [-0.25, -0.2) is 0 Å². The summed E-state index contributed by atoms with van der Waals surface area (Å²) in [7, 11) is 1.62. The molecule has 1 fully saturated rings. The van der Waals surface area contributed by atoms with Crippen molar-refractivity contribution in [2.75, 3.05) is 20.3 Å². The van der Waals surface area contributed by atoms with Crippen LogP contribution in [-0.4, -0.2) is 38.4 Å². The molecule has 2 aromatic rings. The van der Waals surface area contributed by atoms with E-state index in [1.54, 1.807) is 7.11 Å². The van der Waals surface area contributed by atoms with Gasteiger partial charge in [-0.1, -0.05) is 18.2 Å². The fraction of sp³-hybridized carbons (Fsp3) is 0.400. The van der Waals surface area contributed by atoms with Crippen LogP contribution in [0.25, 0.3) is 11.0 Å². The third kappa shape index (κ3) is 2.19. The summed E-state index contributed by atoms with van der Waals surface area (Å²) >= 11 is 0. The Bertz CT molecular complexity index is 634. The van der Waals surface area contributed by atoms with Crippen LogP contribution in [-0.2, 0) is 9.47 Å². The van der Waals surface area contributed by atoms with Crippen molar-refractivity contribution in [1.29, 1.82) is 0 Å². The topological polar surface area (TPSA) is 60.7 Å². The zero-order valence-corrected chi connectivity index (χ0v) is 11.5. The zero-order chi connectivity index (χ0) is 14.1. The van der Waals surface area contributed by atoms with Gasteiger partial charge in [-0.3, -0.25) is 4.79 Å². The van der Waals surface area contributed by atoms with Gasteiger partial charge >= 0.3 is 0 Å². The minimum atomic E-state index is -0.160. The van der Waals surface area contributed by atoms with Crippen molar-refractivity contribution in [1.82, 2.24) is 5.32 Å². The van der Waals surface area contributed by atoms with Gasteiger partial charge in [0.1, 0.15) is 18.0 Å². The second-order valence-corrected chi connectivity index (χ2v) is 4.99.